The van der Waals surface area contributed by atoms with Gasteiger partial charge in [-0.1, -0.05) is 12.1 Å². The number of nitrogens with zero attached hydrogens (tertiary/aromatic N) is 2. The minimum absolute atomic E-state index is 0.178. The number of ether oxygens (including phenoxy) is 1. The van der Waals surface area contributed by atoms with Crippen molar-refractivity contribution in [2.24, 2.45) is 0 Å². The van der Waals surface area contributed by atoms with Gasteiger partial charge in [-0.25, -0.2) is 4.98 Å². The lowest BCUT2D eigenvalue weighted by molar-refractivity contribution is -0.122. The van der Waals surface area contributed by atoms with E-state index >= 15 is 0 Å². The van der Waals surface area contributed by atoms with E-state index in [4.69, 9.17) is 4.74 Å². The smallest absolute Gasteiger partial charge is 0.282 e. The van der Waals surface area contributed by atoms with Crippen LogP contribution in [0.1, 0.15) is 23.7 Å². The number of amides is 1. The number of hydrogen-bond donors (Lipinski definition) is 1. The molecule has 130 valence electrons. The first-order chi connectivity index (χ1) is 11.9. The van der Waals surface area contributed by atoms with Gasteiger partial charge >= 0.3 is 0 Å². The number of carbonyl (C=O) groups excluding carboxylic acids is 1. The van der Waals surface area contributed by atoms with E-state index < -0.39 is 12.0 Å². The Bertz CT molecular complexity index is 1010. The predicted molar refractivity (Wildman–Crippen MR) is 98.7 cm³/mol. The van der Waals surface area contributed by atoms with Gasteiger partial charge in [-0.3, -0.25) is 14.0 Å². The maximum atomic E-state index is 12.5. The minimum atomic E-state index is -0.748. The standard InChI is InChI=1S/C18H19N3O3S/c1-10-5-6-11(2)14(9-10)24-13(4)16(22)20-15-12(3)19-18-21(17(15)23)7-8-25-18/h5-9,13H,1-4H3,(H,20,22)/t13-/m0/s1. The Morgan fingerprint density at radius 2 is 2.08 bits per heavy atom. The third-order valence-corrected chi connectivity index (χ3v) is 4.67. The van der Waals surface area contributed by atoms with Crippen molar-refractivity contribution in [3.8, 4) is 5.75 Å². The van der Waals surface area contributed by atoms with Gasteiger partial charge in [-0.15, -0.1) is 11.3 Å². The van der Waals surface area contributed by atoms with E-state index in [1.165, 1.54) is 15.7 Å². The van der Waals surface area contributed by atoms with Crippen molar-refractivity contribution in [1.82, 2.24) is 9.38 Å². The number of carbonyl (C=O) groups is 1. The van der Waals surface area contributed by atoms with Gasteiger partial charge in [0.25, 0.3) is 11.5 Å². The van der Waals surface area contributed by atoms with Crippen LogP contribution in [0.15, 0.2) is 34.6 Å². The zero-order valence-electron chi connectivity index (χ0n) is 14.5. The Balaban J connectivity index is 1.82. The van der Waals surface area contributed by atoms with Gasteiger partial charge in [0.1, 0.15) is 11.4 Å². The molecule has 1 atom stereocenters. The molecule has 0 radical (unpaired) electrons. The predicted octanol–water partition coefficient (Wildman–Crippen LogP) is 3.09. The second kappa shape index (κ2) is 6.68. The summed E-state index contributed by atoms with van der Waals surface area (Å²) < 4.78 is 7.19. The fourth-order valence-electron chi connectivity index (χ4n) is 2.43. The summed E-state index contributed by atoms with van der Waals surface area (Å²) in [6, 6.07) is 5.82. The van der Waals surface area contributed by atoms with E-state index in [-0.39, 0.29) is 11.2 Å². The lowest BCUT2D eigenvalue weighted by atomic mass is 10.1. The van der Waals surface area contributed by atoms with Crippen LogP contribution in [0.25, 0.3) is 4.96 Å². The van der Waals surface area contributed by atoms with Gasteiger partial charge in [-0.05, 0) is 44.9 Å². The number of hydrogen-bond acceptors (Lipinski definition) is 5. The Hall–Kier alpha value is -2.67. The third-order valence-electron chi connectivity index (χ3n) is 3.91. The van der Waals surface area contributed by atoms with Crippen molar-refractivity contribution < 1.29 is 9.53 Å². The summed E-state index contributed by atoms with van der Waals surface area (Å²) in [6.07, 6.45) is 0.892. The first kappa shape index (κ1) is 17.2. The van der Waals surface area contributed by atoms with Crippen LogP contribution in [0, 0.1) is 20.8 Å². The van der Waals surface area contributed by atoms with Gasteiger partial charge in [0.15, 0.2) is 11.1 Å². The molecule has 3 rings (SSSR count). The summed E-state index contributed by atoms with van der Waals surface area (Å²) in [5, 5.41) is 4.44. The molecule has 25 heavy (non-hydrogen) atoms. The zero-order chi connectivity index (χ0) is 18.1. The SMILES string of the molecule is Cc1ccc(C)c(O[C@@H](C)C(=O)Nc2c(C)nc3sccn3c2=O)c1. The molecule has 2 heterocycles. The maximum Gasteiger partial charge on any atom is 0.282 e. The monoisotopic (exact) mass is 357 g/mol. The molecule has 6 nitrogen and oxygen atoms in total. The highest BCUT2D eigenvalue weighted by molar-refractivity contribution is 7.15. The van der Waals surface area contributed by atoms with Crippen LogP contribution in [0.3, 0.4) is 0 Å². The van der Waals surface area contributed by atoms with E-state index in [0.29, 0.717) is 16.4 Å². The number of aromatic nitrogens is 2. The Morgan fingerprint density at radius 1 is 1.32 bits per heavy atom. The molecule has 2 aromatic heterocycles. The lowest BCUT2D eigenvalue weighted by Crippen LogP contribution is -2.33. The van der Waals surface area contributed by atoms with E-state index in [1.807, 2.05) is 32.0 Å². The number of thiazole rings is 1. The number of aryl methyl sites for hydroxylation is 3. The minimum Gasteiger partial charge on any atom is -0.481 e. The molecule has 0 bridgehead atoms. The largest absolute Gasteiger partial charge is 0.481 e. The molecule has 1 N–H and O–H groups in total. The van der Waals surface area contributed by atoms with Crippen molar-refractivity contribution >= 4 is 27.9 Å². The number of nitrogens with one attached hydrogen (secondary N) is 1. The molecule has 3 aromatic rings. The van der Waals surface area contributed by atoms with E-state index in [1.54, 1.807) is 25.4 Å². The Kier molecular flexibility index (Phi) is 4.59. The van der Waals surface area contributed by atoms with Crippen LogP contribution in [0.4, 0.5) is 5.69 Å². The Labute approximate surface area is 149 Å². The van der Waals surface area contributed by atoms with Crippen LogP contribution < -0.4 is 15.6 Å². The highest BCUT2D eigenvalue weighted by Crippen LogP contribution is 2.21. The molecular formula is C18H19N3O3S. The summed E-state index contributed by atoms with van der Waals surface area (Å²) in [6.45, 7) is 7.24. The van der Waals surface area contributed by atoms with Crippen LogP contribution in [0.2, 0.25) is 0 Å². The van der Waals surface area contributed by atoms with Gasteiger partial charge in [-0.2, -0.15) is 0 Å². The van der Waals surface area contributed by atoms with Crippen LogP contribution in [-0.2, 0) is 4.79 Å². The number of anilines is 1. The normalized spacial score (nSPS) is 12.2. The van der Waals surface area contributed by atoms with Crippen molar-refractivity contribution in [3.63, 3.8) is 0 Å². The highest BCUT2D eigenvalue weighted by atomic mass is 32.1. The lowest BCUT2D eigenvalue weighted by Gasteiger charge is -2.17. The topological polar surface area (TPSA) is 72.7 Å². The number of rotatable bonds is 4. The van der Waals surface area contributed by atoms with Gasteiger partial charge in [0.05, 0.1) is 5.69 Å². The molecule has 0 fully saturated rings. The van der Waals surface area contributed by atoms with Crippen LogP contribution in [0.5, 0.6) is 5.75 Å². The van der Waals surface area contributed by atoms with Crippen molar-refractivity contribution in [1.29, 1.82) is 0 Å². The fraction of sp³-hybridized carbons (Fsp3) is 0.278. The molecule has 0 saturated heterocycles. The molecule has 0 aliphatic carbocycles. The van der Waals surface area contributed by atoms with E-state index in [2.05, 4.69) is 10.3 Å². The quantitative estimate of drug-likeness (QED) is 0.779. The molecule has 0 aliphatic rings. The molecule has 0 unspecified atom stereocenters. The maximum absolute atomic E-state index is 12.5. The second-order valence-corrected chi connectivity index (χ2v) is 6.82. The van der Waals surface area contributed by atoms with Crippen molar-refractivity contribution in [2.75, 3.05) is 5.32 Å². The van der Waals surface area contributed by atoms with E-state index in [0.717, 1.165) is 11.1 Å². The van der Waals surface area contributed by atoms with Crippen LogP contribution >= 0.6 is 11.3 Å². The summed E-state index contributed by atoms with van der Waals surface area (Å²) in [5.41, 5.74) is 2.37. The Morgan fingerprint density at radius 3 is 2.84 bits per heavy atom. The summed E-state index contributed by atoms with van der Waals surface area (Å²) >= 11 is 1.37. The van der Waals surface area contributed by atoms with E-state index in [9.17, 15) is 9.59 Å². The number of benzene rings is 1. The number of fused-ring (bicyclic) bond motifs is 1. The first-order valence-corrected chi connectivity index (χ1v) is 8.76. The molecule has 7 heteroatoms. The highest BCUT2D eigenvalue weighted by Gasteiger charge is 2.20. The molecule has 1 aromatic carbocycles. The zero-order valence-corrected chi connectivity index (χ0v) is 15.3. The van der Waals surface area contributed by atoms with Gasteiger partial charge in [0.2, 0.25) is 0 Å². The van der Waals surface area contributed by atoms with Crippen LogP contribution in [-0.4, -0.2) is 21.4 Å². The average molecular weight is 357 g/mol. The van der Waals surface area contributed by atoms with Crippen molar-refractivity contribution in [3.05, 3.63) is 57.0 Å². The molecule has 0 aliphatic heterocycles. The van der Waals surface area contributed by atoms with Gasteiger partial charge < -0.3 is 10.1 Å². The first-order valence-electron chi connectivity index (χ1n) is 7.88. The summed E-state index contributed by atoms with van der Waals surface area (Å²) in [5.74, 6) is 0.264. The second-order valence-electron chi connectivity index (χ2n) is 5.95. The fourth-order valence-corrected chi connectivity index (χ4v) is 3.18. The van der Waals surface area contributed by atoms with Gasteiger partial charge in [0, 0.05) is 11.6 Å². The summed E-state index contributed by atoms with van der Waals surface area (Å²) in [4.78, 5) is 29.9. The molecule has 0 saturated carbocycles. The molecular weight excluding hydrogens is 338 g/mol. The van der Waals surface area contributed by atoms with Crippen molar-refractivity contribution in [2.45, 2.75) is 33.8 Å². The molecule has 0 spiro atoms. The average Bonchev–Trinajstić information content (AvgIpc) is 3.03. The summed E-state index contributed by atoms with van der Waals surface area (Å²) in [7, 11) is 0. The molecule has 1 amide bonds. The third kappa shape index (κ3) is 3.41.